The second kappa shape index (κ2) is 8.72. The van der Waals surface area contributed by atoms with Crippen LogP contribution in [0.1, 0.15) is 27.9 Å². The number of carbonyl (C=O) groups excluding carboxylic acids is 2. The Morgan fingerprint density at radius 2 is 2.03 bits per heavy atom. The molecule has 0 saturated heterocycles. The molecule has 0 aliphatic carbocycles. The Hall–Kier alpha value is -4.21. The van der Waals surface area contributed by atoms with Gasteiger partial charge in [0.25, 0.3) is 5.91 Å². The molecule has 1 amide bonds. The van der Waals surface area contributed by atoms with Gasteiger partial charge >= 0.3 is 0 Å². The third-order valence-corrected chi connectivity index (χ3v) is 7.48. The number of ether oxygens (including phenoxy) is 1. The van der Waals surface area contributed by atoms with Crippen molar-refractivity contribution in [3.05, 3.63) is 94.2 Å². The van der Waals surface area contributed by atoms with Crippen LogP contribution in [0.5, 0.6) is 5.75 Å². The number of amides is 1. The number of hydrogen-bond donors (Lipinski definition) is 1. The van der Waals surface area contributed by atoms with Crippen LogP contribution in [0.3, 0.4) is 0 Å². The highest BCUT2D eigenvalue weighted by Crippen LogP contribution is 2.44. The zero-order valence-corrected chi connectivity index (χ0v) is 21.1. The number of aliphatic hydroxyl groups is 1. The molecule has 0 radical (unpaired) electrons. The molecule has 5 aromatic rings. The van der Waals surface area contributed by atoms with Gasteiger partial charge < -0.3 is 14.3 Å². The molecule has 0 spiro atoms. The van der Waals surface area contributed by atoms with E-state index in [2.05, 4.69) is 9.97 Å². The van der Waals surface area contributed by atoms with Crippen molar-refractivity contribution in [1.82, 2.24) is 9.97 Å². The Morgan fingerprint density at radius 1 is 1.19 bits per heavy atom. The third-order valence-electron chi connectivity index (χ3n) is 6.22. The lowest BCUT2D eigenvalue weighted by Gasteiger charge is -2.23. The highest BCUT2D eigenvalue weighted by atomic mass is 35.5. The van der Waals surface area contributed by atoms with Crippen LogP contribution in [0, 0.1) is 6.92 Å². The van der Waals surface area contributed by atoms with Gasteiger partial charge in [-0.2, -0.15) is 0 Å². The summed E-state index contributed by atoms with van der Waals surface area (Å²) in [5.41, 5.74) is 2.28. The van der Waals surface area contributed by atoms with Crippen molar-refractivity contribution in [3.8, 4) is 5.75 Å². The quantitative estimate of drug-likeness (QED) is 0.269. The number of thiazole rings is 1. The molecule has 1 unspecified atom stereocenters. The van der Waals surface area contributed by atoms with Crippen molar-refractivity contribution in [2.24, 2.45) is 0 Å². The highest BCUT2D eigenvalue weighted by molar-refractivity contribution is 7.22. The number of fused-ring (bicyclic) bond motifs is 2. The van der Waals surface area contributed by atoms with Crippen LogP contribution in [0.25, 0.3) is 21.2 Å². The summed E-state index contributed by atoms with van der Waals surface area (Å²) in [6, 6.07) is 14.4. The van der Waals surface area contributed by atoms with Gasteiger partial charge in [-0.25, -0.2) is 4.98 Å². The number of rotatable bonds is 5. The molecule has 1 aliphatic rings. The van der Waals surface area contributed by atoms with E-state index < -0.39 is 23.5 Å². The van der Waals surface area contributed by atoms with E-state index in [1.54, 1.807) is 55.8 Å². The number of aryl methyl sites for hydroxylation is 1. The second-order valence-corrected chi connectivity index (χ2v) is 9.95. The molecule has 1 aliphatic heterocycles. The minimum Gasteiger partial charge on any atom is -0.503 e. The highest BCUT2D eigenvalue weighted by Gasteiger charge is 2.47. The Balaban J connectivity index is 1.49. The number of benzene rings is 2. The van der Waals surface area contributed by atoms with Crippen molar-refractivity contribution in [1.29, 1.82) is 0 Å². The molecular weight excluding hydrogens is 514 g/mol. The molecule has 2 aromatic carbocycles. The van der Waals surface area contributed by atoms with Gasteiger partial charge in [0.1, 0.15) is 17.4 Å². The Labute approximate surface area is 219 Å². The Morgan fingerprint density at radius 3 is 2.78 bits per heavy atom. The molecule has 0 bridgehead atoms. The number of ketones is 1. The number of nitrogens with zero attached hydrogens (tertiary/aromatic N) is 3. The van der Waals surface area contributed by atoms with Crippen LogP contribution in [0.15, 0.2) is 76.5 Å². The summed E-state index contributed by atoms with van der Waals surface area (Å²) in [6.07, 6.45) is 1.56. The van der Waals surface area contributed by atoms with Crippen LogP contribution < -0.4 is 9.64 Å². The molecule has 10 heteroatoms. The number of Topliss-reactive ketones (excluding diaryl/α,β-unsaturated/α-hetero) is 1. The zero-order valence-electron chi connectivity index (χ0n) is 19.6. The molecule has 4 heterocycles. The van der Waals surface area contributed by atoms with E-state index in [0.717, 1.165) is 10.3 Å². The van der Waals surface area contributed by atoms with E-state index in [9.17, 15) is 14.7 Å². The first-order valence-corrected chi connectivity index (χ1v) is 12.4. The standard InChI is InChI=1S/C27H18ClN3O5S/c1-13-9-17-21(12-19(13)35-2)37-27(30-17)31-23(16-5-3-4-8-29-16)22(25(33)26(31)34)24(32)20-11-14-10-15(28)6-7-18(14)36-20/h3-12,23,33H,1-2H3. The SMILES string of the molecule is COc1cc2sc(N3C(=O)C(O)=C(C(=O)c4cc5cc(Cl)ccc5o4)C3c3ccccn3)nc2cc1C. The molecule has 0 fully saturated rings. The van der Waals surface area contributed by atoms with Crippen molar-refractivity contribution in [3.63, 3.8) is 0 Å². The summed E-state index contributed by atoms with van der Waals surface area (Å²) >= 11 is 7.33. The first-order valence-electron chi connectivity index (χ1n) is 11.2. The largest absolute Gasteiger partial charge is 0.503 e. The number of furan rings is 1. The molecule has 1 N–H and O–H groups in total. The summed E-state index contributed by atoms with van der Waals surface area (Å²) in [5, 5.41) is 12.4. The molecule has 3 aromatic heterocycles. The Kier molecular flexibility index (Phi) is 5.47. The number of aliphatic hydroxyl groups excluding tert-OH is 1. The van der Waals surface area contributed by atoms with E-state index >= 15 is 0 Å². The van der Waals surface area contributed by atoms with Gasteiger partial charge in [0, 0.05) is 16.6 Å². The van der Waals surface area contributed by atoms with Crippen molar-refractivity contribution >= 4 is 60.9 Å². The van der Waals surface area contributed by atoms with Crippen LogP contribution in [0.2, 0.25) is 5.02 Å². The molecule has 8 nitrogen and oxygen atoms in total. The van der Waals surface area contributed by atoms with Crippen LogP contribution in [-0.2, 0) is 4.79 Å². The lowest BCUT2D eigenvalue weighted by atomic mass is 9.98. The van der Waals surface area contributed by atoms with Gasteiger partial charge in [0.05, 0.1) is 28.6 Å². The van der Waals surface area contributed by atoms with Gasteiger partial charge in [0.15, 0.2) is 16.7 Å². The Bertz CT molecular complexity index is 1760. The topological polar surface area (TPSA) is 106 Å². The van der Waals surface area contributed by atoms with Crippen molar-refractivity contribution < 1.29 is 23.8 Å². The summed E-state index contributed by atoms with van der Waals surface area (Å²) in [5.74, 6) is -1.39. The maximum Gasteiger partial charge on any atom is 0.296 e. The summed E-state index contributed by atoms with van der Waals surface area (Å²) in [7, 11) is 1.59. The fourth-order valence-corrected chi connectivity index (χ4v) is 5.66. The number of carbonyl (C=O) groups is 2. The van der Waals surface area contributed by atoms with Crippen molar-refractivity contribution in [2.45, 2.75) is 13.0 Å². The van der Waals surface area contributed by atoms with E-state index in [1.807, 2.05) is 19.1 Å². The number of pyridine rings is 1. The van der Waals surface area contributed by atoms with E-state index in [0.29, 0.717) is 38.1 Å². The number of hydrogen-bond acceptors (Lipinski definition) is 8. The molecule has 1 atom stereocenters. The number of anilines is 1. The fraction of sp³-hybridized carbons (Fsp3) is 0.111. The predicted molar refractivity (Wildman–Crippen MR) is 141 cm³/mol. The van der Waals surface area contributed by atoms with E-state index in [4.69, 9.17) is 20.8 Å². The van der Waals surface area contributed by atoms with Crippen molar-refractivity contribution in [2.75, 3.05) is 12.0 Å². The monoisotopic (exact) mass is 531 g/mol. The second-order valence-electron chi connectivity index (χ2n) is 8.50. The lowest BCUT2D eigenvalue weighted by molar-refractivity contribution is -0.117. The predicted octanol–water partition coefficient (Wildman–Crippen LogP) is 6.19. The summed E-state index contributed by atoms with van der Waals surface area (Å²) in [6.45, 7) is 1.90. The minimum absolute atomic E-state index is 0.0286. The van der Waals surface area contributed by atoms with E-state index in [-0.39, 0.29) is 11.3 Å². The van der Waals surface area contributed by atoms with Gasteiger partial charge in [0.2, 0.25) is 5.78 Å². The van der Waals surface area contributed by atoms with Crippen LogP contribution >= 0.6 is 22.9 Å². The van der Waals surface area contributed by atoms with Gasteiger partial charge in [-0.15, -0.1) is 0 Å². The summed E-state index contributed by atoms with van der Waals surface area (Å²) in [4.78, 5) is 37.5. The van der Waals surface area contributed by atoms with Crippen LogP contribution in [-0.4, -0.2) is 33.9 Å². The molecule has 6 rings (SSSR count). The van der Waals surface area contributed by atoms with Gasteiger partial charge in [-0.1, -0.05) is 29.0 Å². The van der Waals surface area contributed by atoms with Gasteiger partial charge in [-0.3, -0.25) is 19.5 Å². The fourth-order valence-electron chi connectivity index (χ4n) is 4.48. The van der Waals surface area contributed by atoms with Crippen LogP contribution in [0.4, 0.5) is 5.13 Å². The minimum atomic E-state index is -1.01. The summed E-state index contributed by atoms with van der Waals surface area (Å²) < 4.78 is 12.0. The molecular formula is C27H18ClN3O5S. The number of aromatic nitrogens is 2. The average Bonchev–Trinajstić information content (AvgIpc) is 3.57. The maximum absolute atomic E-state index is 13.7. The number of methoxy groups -OCH3 is 1. The van der Waals surface area contributed by atoms with Gasteiger partial charge in [-0.05, 0) is 61.0 Å². The normalized spacial score (nSPS) is 15.8. The molecule has 0 saturated carbocycles. The molecule has 184 valence electrons. The van der Waals surface area contributed by atoms with E-state index in [1.165, 1.54) is 16.2 Å². The first-order chi connectivity index (χ1) is 17.9. The molecule has 37 heavy (non-hydrogen) atoms. The maximum atomic E-state index is 13.7. The third kappa shape index (κ3) is 3.75. The lowest BCUT2D eigenvalue weighted by Crippen LogP contribution is -2.31. The zero-order chi connectivity index (χ0) is 25.8. The average molecular weight is 532 g/mol. The smallest absolute Gasteiger partial charge is 0.296 e. The number of halogens is 1. The first kappa shape index (κ1) is 23.2.